The Balaban J connectivity index is 2.15. The number of rotatable bonds is 3. The third kappa shape index (κ3) is 2.95. The van der Waals surface area contributed by atoms with Crippen LogP contribution in [-0.4, -0.2) is 17.0 Å². The lowest BCUT2D eigenvalue weighted by Gasteiger charge is -2.06. The Morgan fingerprint density at radius 3 is 2.21 bits per heavy atom. The van der Waals surface area contributed by atoms with Crippen LogP contribution < -0.4 is 5.32 Å². The molecule has 4 nitrogen and oxygen atoms in total. The molecular weight excluding hydrogens is 249 g/mol. The Labute approximate surface area is 108 Å². The van der Waals surface area contributed by atoms with Crippen molar-refractivity contribution in [1.29, 1.82) is 0 Å². The number of hydrogen-bond donors (Lipinski definition) is 2. The van der Waals surface area contributed by atoms with E-state index in [0.29, 0.717) is 5.69 Å². The molecule has 0 unspecified atom stereocenters. The average Bonchev–Trinajstić information content (AvgIpc) is 2.39. The van der Waals surface area contributed by atoms with Gasteiger partial charge in [-0.2, -0.15) is 0 Å². The van der Waals surface area contributed by atoms with Gasteiger partial charge in [0.25, 0.3) is 5.91 Å². The minimum Gasteiger partial charge on any atom is -0.478 e. The van der Waals surface area contributed by atoms with E-state index in [1.165, 1.54) is 42.5 Å². The quantitative estimate of drug-likeness (QED) is 0.890. The summed E-state index contributed by atoms with van der Waals surface area (Å²) >= 11 is 0. The molecule has 5 heteroatoms. The van der Waals surface area contributed by atoms with Gasteiger partial charge in [0.15, 0.2) is 0 Å². The molecule has 0 aromatic heterocycles. The first-order chi connectivity index (χ1) is 9.08. The summed E-state index contributed by atoms with van der Waals surface area (Å²) in [6.45, 7) is 0. The molecule has 0 heterocycles. The highest BCUT2D eigenvalue weighted by Gasteiger charge is 2.11. The molecule has 2 rings (SSSR count). The van der Waals surface area contributed by atoms with Gasteiger partial charge in [0, 0.05) is 5.69 Å². The predicted molar refractivity (Wildman–Crippen MR) is 67.8 cm³/mol. The zero-order valence-corrected chi connectivity index (χ0v) is 9.76. The number of halogens is 1. The average molecular weight is 259 g/mol. The lowest BCUT2D eigenvalue weighted by Crippen LogP contribution is -2.13. The maximum Gasteiger partial charge on any atom is 0.335 e. The molecule has 0 saturated carbocycles. The van der Waals surface area contributed by atoms with Crippen LogP contribution in [0, 0.1) is 5.82 Å². The number of benzene rings is 2. The van der Waals surface area contributed by atoms with E-state index in [4.69, 9.17) is 5.11 Å². The molecule has 96 valence electrons. The summed E-state index contributed by atoms with van der Waals surface area (Å²) in [6.07, 6.45) is 0. The van der Waals surface area contributed by atoms with E-state index in [1.807, 2.05) is 0 Å². The molecule has 0 spiro atoms. The number of carboxylic acids is 1. The van der Waals surface area contributed by atoms with E-state index in [9.17, 15) is 14.0 Å². The van der Waals surface area contributed by atoms with Crippen molar-refractivity contribution in [2.24, 2.45) is 0 Å². The molecule has 0 bridgehead atoms. The SMILES string of the molecule is O=C(O)c1ccc(NC(=O)c2ccccc2F)cc1. The van der Waals surface area contributed by atoms with Crippen LogP contribution in [0.15, 0.2) is 48.5 Å². The molecule has 0 aliphatic rings. The van der Waals surface area contributed by atoms with Gasteiger partial charge in [0.1, 0.15) is 5.82 Å². The van der Waals surface area contributed by atoms with Gasteiger partial charge in [-0.3, -0.25) is 4.79 Å². The topological polar surface area (TPSA) is 66.4 Å². The zero-order chi connectivity index (χ0) is 13.8. The van der Waals surface area contributed by atoms with Crippen molar-refractivity contribution in [3.63, 3.8) is 0 Å². The molecule has 0 fully saturated rings. The smallest absolute Gasteiger partial charge is 0.335 e. The zero-order valence-electron chi connectivity index (χ0n) is 9.76. The van der Waals surface area contributed by atoms with E-state index in [0.717, 1.165) is 0 Å². The Morgan fingerprint density at radius 2 is 1.63 bits per heavy atom. The van der Waals surface area contributed by atoms with Gasteiger partial charge in [-0.15, -0.1) is 0 Å². The summed E-state index contributed by atoms with van der Waals surface area (Å²) in [5, 5.41) is 11.2. The second kappa shape index (κ2) is 5.30. The maximum absolute atomic E-state index is 13.4. The lowest BCUT2D eigenvalue weighted by molar-refractivity contribution is 0.0696. The van der Waals surface area contributed by atoms with E-state index < -0.39 is 17.7 Å². The van der Waals surface area contributed by atoms with Gasteiger partial charge in [-0.25, -0.2) is 9.18 Å². The second-order valence-corrected chi connectivity index (χ2v) is 3.82. The van der Waals surface area contributed by atoms with Gasteiger partial charge < -0.3 is 10.4 Å². The summed E-state index contributed by atoms with van der Waals surface area (Å²) in [6, 6.07) is 11.2. The van der Waals surface area contributed by atoms with Crippen LogP contribution in [0.25, 0.3) is 0 Å². The molecule has 2 aromatic rings. The molecule has 19 heavy (non-hydrogen) atoms. The fraction of sp³-hybridized carbons (Fsp3) is 0. The van der Waals surface area contributed by atoms with Gasteiger partial charge in [0.2, 0.25) is 0 Å². The highest BCUT2D eigenvalue weighted by Crippen LogP contribution is 2.13. The molecule has 0 aliphatic heterocycles. The molecule has 1 amide bonds. The maximum atomic E-state index is 13.4. The van der Waals surface area contributed by atoms with Crippen molar-refractivity contribution < 1.29 is 19.1 Å². The van der Waals surface area contributed by atoms with Crippen LogP contribution in [0.3, 0.4) is 0 Å². The number of carbonyl (C=O) groups excluding carboxylic acids is 1. The van der Waals surface area contributed by atoms with E-state index >= 15 is 0 Å². The summed E-state index contributed by atoms with van der Waals surface area (Å²) in [4.78, 5) is 22.4. The molecule has 2 N–H and O–H groups in total. The van der Waals surface area contributed by atoms with Crippen molar-refractivity contribution in [3.8, 4) is 0 Å². The van der Waals surface area contributed by atoms with Crippen LogP contribution >= 0.6 is 0 Å². The van der Waals surface area contributed by atoms with Crippen LogP contribution in [0.2, 0.25) is 0 Å². The molecule has 0 atom stereocenters. The number of carboxylic acid groups (broad SMARTS) is 1. The third-order valence-electron chi connectivity index (χ3n) is 2.51. The number of carbonyl (C=O) groups is 2. The van der Waals surface area contributed by atoms with Gasteiger partial charge in [-0.05, 0) is 36.4 Å². The standard InChI is InChI=1S/C14H10FNO3/c15-12-4-2-1-3-11(12)13(17)16-10-7-5-9(6-8-10)14(18)19/h1-8H,(H,16,17)(H,18,19). The molecular formula is C14H10FNO3. The second-order valence-electron chi connectivity index (χ2n) is 3.82. The van der Waals surface area contributed by atoms with Crippen molar-refractivity contribution in [3.05, 3.63) is 65.5 Å². The Kier molecular flexibility index (Phi) is 3.56. The Hall–Kier alpha value is -2.69. The minimum absolute atomic E-state index is 0.0650. The van der Waals surface area contributed by atoms with Crippen molar-refractivity contribution in [2.45, 2.75) is 0 Å². The van der Waals surface area contributed by atoms with Crippen LogP contribution in [-0.2, 0) is 0 Å². The predicted octanol–water partition coefficient (Wildman–Crippen LogP) is 2.78. The fourth-order valence-electron chi connectivity index (χ4n) is 1.54. The molecule has 0 aliphatic carbocycles. The first kappa shape index (κ1) is 12.8. The van der Waals surface area contributed by atoms with Gasteiger partial charge >= 0.3 is 5.97 Å². The largest absolute Gasteiger partial charge is 0.478 e. The third-order valence-corrected chi connectivity index (χ3v) is 2.51. The van der Waals surface area contributed by atoms with E-state index in [2.05, 4.69) is 5.32 Å². The Bertz CT molecular complexity index is 623. The number of anilines is 1. The summed E-state index contributed by atoms with van der Waals surface area (Å²) in [5.41, 5.74) is 0.451. The van der Waals surface area contributed by atoms with Crippen LogP contribution in [0.5, 0.6) is 0 Å². The summed E-state index contributed by atoms with van der Waals surface area (Å²) in [5.74, 6) is -2.24. The normalized spacial score (nSPS) is 9.95. The van der Waals surface area contributed by atoms with Gasteiger partial charge in [-0.1, -0.05) is 12.1 Å². The highest BCUT2D eigenvalue weighted by molar-refractivity contribution is 6.04. The van der Waals surface area contributed by atoms with Crippen LogP contribution in [0.4, 0.5) is 10.1 Å². The number of amides is 1. The van der Waals surface area contributed by atoms with Crippen molar-refractivity contribution >= 4 is 17.6 Å². The van der Waals surface area contributed by atoms with E-state index in [1.54, 1.807) is 6.07 Å². The molecule has 0 radical (unpaired) electrons. The highest BCUT2D eigenvalue weighted by atomic mass is 19.1. The van der Waals surface area contributed by atoms with Crippen molar-refractivity contribution in [1.82, 2.24) is 0 Å². The fourth-order valence-corrected chi connectivity index (χ4v) is 1.54. The number of hydrogen-bond acceptors (Lipinski definition) is 2. The number of nitrogens with one attached hydrogen (secondary N) is 1. The van der Waals surface area contributed by atoms with Crippen molar-refractivity contribution in [2.75, 3.05) is 5.32 Å². The van der Waals surface area contributed by atoms with Crippen LogP contribution in [0.1, 0.15) is 20.7 Å². The monoisotopic (exact) mass is 259 g/mol. The Morgan fingerprint density at radius 1 is 1.00 bits per heavy atom. The number of aromatic carboxylic acids is 1. The van der Waals surface area contributed by atoms with Gasteiger partial charge in [0.05, 0.1) is 11.1 Å². The first-order valence-electron chi connectivity index (χ1n) is 5.47. The van der Waals surface area contributed by atoms with E-state index in [-0.39, 0.29) is 11.1 Å². The first-order valence-corrected chi connectivity index (χ1v) is 5.47. The molecule has 0 saturated heterocycles. The molecule has 2 aromatic carbocycles. The lowest BCUT2D eigenvalue weighted by atomic mass is 10.1. The summed E-state index contributed by atoms with van der Waals surface area (Å²) < 4.78 is 13.4. The summed E-state index contributed by atoms with van der Waals surface area (Å²) in [7, 11) is 0. The minimum atomic E-state index is -1.05.